The first-order valence-electron chi connectivity index (χ1n) is 8.38. The summed E-state index contributed by atoms with van der Waals surface area (Å²) in [4.78, 5) is 26.1. The summed E-state index contributed by atoms with van der Waals surface area (Å²) in [6.45, 7) is 10.3. The Morgan fingerprint density at radius 2 is 1.67 bits per heavy atom. The van der Waals surface area contributed by atoms with E-state index in [0.717, 1.165) is 6.54 Å². The van der Waals surface area contributed by atoms with Crippen LogP contribution in [0.4, 0.5) is 0 Å². The van der Waals surface area contributed by atoms with Crippen molar-refractivity contribution in [3.05, 3.63) is 34.9 Å². The molecule has 1 rings (SSSR count). The Balaban J connectivity index is 2.27. The van der Waals surface area contributed by atoms with Crippen LogP contribution in [0.1, 0.15) is 44.5 Å². The number of hydrogen-bond acceptors (Lipinski definition) is 3. The summed E-state index contributed by atoms with van der Waals surface area (Å²) in [7, 11) is 0. The number of nitrogens with one attached hydrogen (secondary N) is 2. The van der Waals surface area contributed by atoms with Gasteiger partial charge in [-0.2, -0.15) is 0 Å². The highest BCUT2D eigenvalue weighted by molar-refractivity contribution is 6.33. The van der Waals surface area contributed by atoms with Crippen molar-refractivity contribution in [2.75, 3.05) is 19.6 Å². The maximum absolute atomic E-state index is 12.0. The molecule has 0 aliphatic carbocycles. The number of benzene rings is 1. The molecule has 1 aromatic carbocycles. The van der Waals surface area contributed by atoms with E-state index in [9.17, 15) is 9.59 Å². The molecule has 0 bridgehead atoms. The molecule has 0 fully saturated rings. The minimum Gasteiger partial charge on any atom is -0.355 e. The van der Waals surface area contributed by atoms with Crippen molar-refractivity contribution in [3.63, 3.8) is 0 Å². The number of nitrogens with zero attached hydrogens (tertiary/aromatic N) is 1. The Labute approximate surface area is 149 Å². The smallest absolute Gasteiger partial charge is 0.252 e. The highest BCUT2D eigenvalue weighted by atomic mass is 35.5. The monoisotopic (exact) mass is 353 g/mol. The summed E-state index contributed by atoms with van der Waals surface area (Å²) in [5.74, 6) is -0.332. The summed E-state index contributed by atoms with van der Waals surface area (Å²) in [5, 5.41) is 6.01. The van der Waals surface area contributed by atoms with Crippen molar-refractivity contribution in [2.24, 2.45) is 0 Å². The summed E-state index contributed by atoms with van der Waals surface area (Å²) in [6, 6.07) is 7.73. The summed E-state index contributed by atoms with van der Waals surface area (Å²) in [6.07, 6.45) is 0.250. The molecular formula is C18H28ClN3O2. The van der Waals surface area contributed by atoms with E-state index in [1.807, 2.05) is 0 Å². The first-order valence-corrected chi connectivity index (χ1v) is 8.76. The molecular weight excluding hydrogens is 326 g/mol. The molecule has 134 valence electrons. The zero-order valence-electron chi connectivity index (χ0n) is 14.9. The van der Waals surface area contributed by atoms with Crippen LogP contribution >= 0.6 is 11.6 Å². The Morgan fingerprint density at radius 1 is 1.04 bits per heavy atom. The van der Waals surface area contributed by atoms with Gasteiger partial charge in [-0.25, -0.2) is 0 Å². The van der Waals surface area contributed by atoms with Crippen LogP contribution < -0.4 is 10.6 Å². The molecule has 0 atom stereocenters. The third-order valence-electron chi connectivity index (χ3n) is 3.77. The van der Waals surface area contributed by atoms with Crippen molar-refractivity contribution in [1.82, 2.24) is 15.5 Å². The maximum atomic E-state index is 12.0. The van der Waals surface area contributed by atoms with Gasteiger partial charge in [0, 0.05) is 38.1 Å². The van der Waals surface area contributed by atoms with Gasteiger partial charge in [0.05, 0.1) is 10.6 Å². The van der Waals surface area contributed by atoms with Crippen LogP contribution in [0.25, 0.3) is 0 Å². The van der Waals surface area contributed by atoms with E-state index < -0.39 is 0 Å². The van der Waals surface area contributed by atoms with Gasteiger partial charge in [0.1, 0.15) is 0 Å². The molecule has 0 saturated carbocycles. The Hall–Kier alpha value is -1.59. The lowest BCUT2D eigenvalue weighted by Gasteiger charge is -2.30. The summed E-state index contributed by atoms with van der Waals surface area (Å²) < 4.78 is 0. The minimum atomic E-state index is -0.265. The number of halogens is 1. The Kier molecular flexibility index (Phi) is 8.79. The van der Waals surface area contributed by atoms with Gasteiger partial charge < -0.3 is 10.6 Å². The SMILES string of the molecule is CC(C)N(CCNC(=O)CCNC(=O)c1ccccc1Cl)C(C)C. The van der Waals surface area contributed by atoms with Crippen LogP contribution in [-0.2, 0) is 4.79 Å². The fourth-order valence-corrected chi connectivity index (χ4v) is 2.78. The van der Waals surface area contributed by atoms with Crippen LogP contribution in [0.2, 0.25) is 5.02 Å². The van der Waals surface area contributed by atoms with Gasteiger partial charge in [-0.3, -0.25) is 14.5 Å². The molecule has 0 saturated heterocycles. The Bertz CT molecular complexity index is 539. The number of carbonyl (C=O) groups excluding carboxylic acids is 2. The second kappa shape index (κ2) is 10.3. The average Bonchev–Trinajstić information content (AvgIpc) is 2.51. The van der Waals surface area contributed by atoms with E-state index in [4.69, 9.17) is 11.6 Å². The normalized spacial score (nSPS) is 11.2. The first-order chi connectivity index (χ1) is 11.3. The van der Waals surface area contributed by atoms with Crippen LogP contribution in [0.5, 0.6) is 0 Å². The molecule has 0 radical (unpaired) electrons. The lowest BCUT2D eigenvalue weighted by molar-refractivity contribution is -0.121. The van der Waals surface area contributed by atoms with Crippen LogP contribution in [-0.4, -0.2) is 48.4 Å². The topological polar surface area (TPSA) is 61.4 Å². The highest BCUT2D eigenvalue weighted by Gasteiger charge is 2.13. The maximum Gasteiger partial charge on any atom is 0.252 e. The van der Waals surface area contributed by atoms with Gasteiger partial charge in [0.2, 0.25) is 5.91 Å². The van der Waals surface area contributed by atoms with E-state index in [0.29, 0.717) is 29.2 Å². The van der Waals surface area contributed by atoms with Crippen molar-refractivity contribution in [1.29, 1.82) is 0 Å². The van der Waals surface area contributed by atoms with Crippen LogP contribution in [0.15, 0.2) is 24.3 Å². The minimum absolute atomic E-state index is 0.0677. The fourth-order valence-electron chi connectivity index (χ4n) is 2.56. The van der Waals surface area contributed by atoms with Crippen LogP contribution in [0, 0.1) is 0 Å². The number of hydrogen-bond donors (Lipinski definition) is 2. The molecule has 0 aliphatic rings. The predicted molar refractivity (Wildman–Crippen MR) is 98.4 cm³/mol. The van der Waals surface area contributed by atoms with E-state index in [2.05, 4.69) is 43.2 Å². The van der Waals surface area contributed by atoms with Gasteiger partial charge in [-0.1, -0.05) is 23.7 Å². The standard InChI is InChI=1S/C18H28ClN3O2/c1-13(2)22(14(3)4)12-11-20-17(23)9-10-21-18(24)15-7-5-6-8-16(15)19/h5-8,13-14H,9-12H2,1-4H3,(H,20,23)(H,21,24). The summed E-state index contributed by atoms with van der Waals surface area (Å²) >= 11 is 5.96. The van der Waals surface area contributed by atoms with Gasteiger partial charge in [-0.05, 0) is 39.8 Å². The van der Waals surface area contributed by atoms with E-state index in [1.54, 1.807) is 24.3 Å². The lowest BCUT2D eigenvalue weighted by atomic mass is 10.2. The zero-order valence-corrected chi connectivity index (χ0v) is 15.7. The largest absolute Gasteiger partial charge is 0.355 e. The molecule has 2 N–H and O–H groups in total. The molecule has 5 nitrogen and oxygen atoms in total. The molecule has 6 heteroatoms. The van der Waals surface area contributed by atoms with Gasteiger partial charge in [0.25, 0.3) is 5.91 Å². The molecule has 0 heterocycles. The van der Waals surface area contributed by atoms with Crippen molar-refractivity contribution >= 4 is 23.4 Å². The van der Waals surface area contributed by atoms with E-state index >= 15 is 0 Å². The predicted octanol–water partition coefficient (Wildman–Crippen LogP) is 2.69. The Morgan fingerprint density at radius 3 is 2.25 bits per heavy atom. The third kappa shape index (κ3) is 6.89. The van der Waals surface area contributed by atoms with E-state index in [-0.39, 0.29) is 24.8 Å². The fraction of sp³-hybridized carbons (Fsp3) is 0.556. The highest BCUT2D eigenvalue weighted by Crippen LogP contribution is 2.14. The van der Waals surface area contributed by atoms with Crippen molar-refractivity contribution in [2.45, 2.75) is 46.2 Å². The molecule has 2 amide bonds. The molecule has 0 aromatic heterocycles. The summed E-state index contributed by atoms with van der Waals surface area (Å²) in [5.41, 5.74) is 0.420. The van der Waals surface area contributed by atoms with Gasteiger partial charge in [-0.15, -0.1) is 0 Å². The quantitative estimate of drug-likeness (QED) is 0.717. The third-order valence-corrected chi connectivity index (χ3v) is 4.10. The van der Waals surface area contributed by atoms with Gasteiger partial charge >= 0.3 is 0 Å². The van der Waals surface area contributed by atoms with Crippen molar-refractivity contribution < 1.29 is 9.59 Å². The number of rotatable bonds is 9. The lowest BCUT2D eigenvalue weighted by Crippen LogP contribution is -2.42. The first kappa shape index (κ1) is 20.5. The second-order valence-electron chi connectivity index (χ2n) is 6.26. The van der Waals surface area contributed by atoms with Gasteiger partial charge in [0.15, 0.2) is 0 Å². The van der Waals surface area contributed by atoms with Crippen molar-refractivity contribution in [3.8, 4) is 0 Å². The molecule has 24 heavy (non-hydrogen) atoms. The number of amides is 2. The molecule has 0 spiro atoms. The average molecular weight is 354 g/mol. The van der Waals surface area contributed by atoms with E-state index in [1.165, 1.54) is 0 Å². The van der Waals surface area contributed by atoms with Crippen LogP contribution in [0.3, 0.4) is 0 Å². The molecule has 1 aromatic rings. The molecule has 0 aliphatic heterocycles. The second-order valence-corrected chi connectivity index (χ2v) is 6.67. The molecule has 0 unspecified atom stereocenters. The number of carbonyl (C=O) groups is 2. The zero-order chi connectivity index (χ0) is 18.1.